The van der Waals surface area contributed by atoms with Crippen LogP contribution in [0.5, 0.6) is 5.75 Å². The molecule has 2 aromatic carbocycles. The molecule has 0 saturated heterocycles. The molecular weight excluding hydrogens is 342 g/mol. The molecule has 0 fully saturated rings. The highest BCUT2D eigenvalue weighted by Gasteiger charge is 2.12. The van der Waals surface area contributed by atoms with E-state index >= 15 is 0 Å². The average molecular weight is 354 g/mol. The minimum atomic E-state index is -0.830. The van der Waals surface area contributed by atoms with Crippen LogP contribution in [0.1, 0.15) is 16.1 Å². The standard InChI is InChI=1S/C18H12F2N4O2/c19-13-5-6-17(14(20)9-13)26-11-24-8-7-16(23-24)18(25)22-15-4-2-1-3-12(15)10-21/h1-9H,11H2,(H,22,25). The number of para-hydroxylation sites is 1. The maximum absolute atomic E-state index is 13.5. The van der Waals surface area contributed by atoms with Gasteiger partial charge in [-0.25, -0.2) is 13.5 Å². The number of hydrogen-bond acceptors (Lipinski definition) is 4. The third kappa shape index (κ3) is 3.84. The summed E-state index contributed by atoms with van der Waals surface area (Å²) in [6.45, 7) is -0.162. The third-order valence-corrected chi connectivity index (χ3v) is 3.42. The first-order chi connectivity index (χ1) is 12.6. The Morgan fingerprint density at radius 1 is 1.23 bits per heavy atom. The molecule has 26 heavy (non-hydrogen) atoms. The van der Waals surface area contributed by atoms with Gasteiger partial charge in [0, 0.05) is 12.3 Å². The molecule has 1 aromatic heterocycles. The normalized spacial score (nSPS) is 10.2. The monoisotopic (exact) mass is 354 g/mol. The molecule has 130 valence electrons. The summed E-state index contributed by atoms with van der Waals surface area (Å²) in [5.74, 6) is -2.16. The number of halogens is 2. The second-order valence-corrected chi connectivity index (χ2v) is 5.20. The molecule has 0 bridgehead atoms. The van der Waals surface area contributed by atoms with Crippen LogP contribution in [0.3, 0.4) is 0 Å². The van der Waals surface area contributed by atoms with E-state index in [1.165, 1.54) is 23.0 Å². The van der Waals surface area contributed by atoms with Gasteiger partial charge in [-0.15, -0.1) is 0 Å². The molecule has 1 heterocycles. The Morgan fingerprint density at radius 2 is 2.04 bits per heavy atom. The van der Waals surface area contributed by atoms with E-state index in [-0.39, 0.29) is 18.2 Å². The summed E-state index contributed by atoms with van der Waals surface area (Å²) < 4.78 is 32.9. The molecule has 0 unspecified atom stereocenters. The van der Waals surface area contributed by atoms with Crippen molar-refractivity contribution >= 4 is 11.6 Å². The van der Waals surface area contributed by atoms with Gasteiger partial charge in [-0.2, -0.15) is 10.4 Å². The van der Waals surface area contributed by atoms with E-state index in [0.717, 1.165) is 6.07 Å². The first kappa shape index (κ1) is 17.1. The summed E-state index contributed by atoms with van der Waals surface area (Å²) >= 11 is 0. The first-order valence-corrected chi connectivity index (χ1v) is 7.48. The first-order valence-electron chi connectivity index (χ1n) is 7.48. The maximum Gasteiger partial charge on any atom is 0.276 e. The van der Waals surface area contributed by atoms with Crippen LogP contribution in [0, 0.1) is 23.0 Å². The summed E-state index contributed by atoms with van der Waals surface area (Å²) in [5, 5.41) is 15.7. The van der Waals surface area contributed by atoms with Crippen molar-refractivity contribution in [3.8, 4) is 11.8 Å². The number of carbonyl (C=O) groups excluding carboxylic acids is 1. The van der Waals surface area contributed by atoms with Crippen molar-refractivity contribution in [2.75, 3.05) is 5.32 Å². The lowest BCUT2D eigenvalue weighted by Crippen LogP contribution is -2.15. The van der Waals surface area contributed by atoms with Crippen LogP contribution >= 0.6 is 0 Å². The summed E-state index contributed by atoms with van der Waals surface area (Å²) in [4.78, 5) is 12.2. The van der Waals surface area contributed by atoms with E-state index in [1.54, 1.807) is 24.3 Å². The minimum absolute atomic E-state index is 0.0981. The van der Waals surface area contributed by atoms with Gasteiger partial charge in [0.2, 0.25) is 0 Å². The summed E-state index contributed by atoms with van der Waals surface area (Å²) in [5.41, 5.74) is 0.801. The van der Waals surface area contributed by atoms with Gasteiger partial charge in [-0.1, -0.05) is 12.1 Å². The highest BCUT2D eigenvalue weighted by Crippen LogP contribution is 2.18. The number of aromatic nitrogens is 2. The van der Waals surface area contributed by atoms with E-state index < -0.39 is 17.5 Å². The number of anilines is 1. The smallest absolute Gasteiger partial charge is 0.276 e. The number of rotatable bonds is 5. The van der Waals surface area contributed by atoms with Crippen molar-refractivity contribution in [3.63, 3.8) is 0 Å². The number of carbonyl (C=O) groups is 1. The molecule has 1 amide bonds. The van der Waals surface area contributed by atoms with Crippen LogP contribution in [0.2, 0.25) is 0 Å². The Morgan fingerprint density at radius 3 is 2.81 bits per heavy atom. The zero-order chi connectivity index (χ0) is 18.5. The Kier molecular flexibility index (Phi) is 4.90. The summed E-state index contributed by atoms with van der Waals surface area (Å²) in [6.07, 6.45) is 1.48. The van der Waals surface area contributed by atoms with E-state index in [0.29, 0.717) is 17.3 Å². The largest absolute Gasteiger partial charge is 0.468 e. The number of ether oxygens (including phenoxy) is 1. The van der Waals surface area contributed by atoms with E-state index in [1.807, 2.05) is 6.07 Å². The van der Waals surface area contributed by atoms with Crippen LogP contribution in [-0.4, -0.2) is 15.7 Å². The molecule has 0 aliphatic heterocycles. The van der Waals surface area contributed by atoms with Crippen molar-refractivity contribution in [1.29, 1.82) is 5.26 Å². The van der Waals surface area contributed by atoms with Gasteiger partial charge >= 0.3 is 0 Å². The maximum atomic E-state index is 13.5. The van der Waals surface area contributed by atoms with Crippen LogP contribution in [0.15, 0.2) is 54.7 Å². The Bertz CT molecular complexity index is 995. The van der Waals surface area contributed by atoms with Gasteiger partial charge in [-0.3, -0.25) is 4.79 Å². The van der Waals surface area contributed by atoms with Crippen LogP contribution in [0.25, 0.3) is 0 Å². The van der Waals surface area contributed by atoms with Crippen molar-refractivity contribution in [2.45, 2.75) is 6.73 Å². The van der Waals surface area contributed by atoms with Gasteiger partial charge in [0.15, 0.2) is 24.0 Å². The number of hydrogen-bond donors (Lipinski definition) is 1. The number of amides is 1. The van der Waals surface area contributed by atoms with Gasteiger partial charge in [0.25, 0.3) is 5.91 Å². The molecule has 0 spiro atoms. The molecular formula is C18H12F2N4O2. The van der Waals surface area contributed by atoms with E-state index in [2.05, 4.69) is 10.4 Å². The Labute approximate surface area is 147 Å². The molecule has 3 aromatic rings. The lowest BCUT2D eigenvalue weighted by Gasteiger charge is -2.07. The zero-order valence-corrected chi connectivity index (χ0v) is 13.3. The predicted molar refractivity (Wildman–Crippen MR) is 88.3 cm³/mol. The molecule has 0 saturated carbocycles. The molecule has 0 radical (unpaired) electrons. The lowest BCUT2D eigenvalue weighted by atomic mass is 10.2. The van der Waals surface area contributed by atoms with Crippen LogP contribution in [-0.2, 0) is 6.73 Å². The number of nitriles is 1. The Hall–Kier alpha value is -3.73. The van der Waals surface area contributed by atoms with Gasteiger partial charge < -0.3 is 10.1 Å². The topological polar surface area (TPSA) is 79.9 Å². The zero-order valence-electron chi connectivity index (χ0n) is 13.3. The number of nitrogens with one attached hydrogen (secondary N) is 1. The average Bonchev–Trinajstić information content (AvgIpc) is 3.10. The van der Waals surface area contributed by atoms with Crippen molar-refractivity contribution in [2.24, 2.45) is 0 Å². The minimum Gasteiger partial charge on any atom is -0.468 e. The summed E-state index contributed by atoms with van der Waals surface area (Å²) in [7, 11) is 0. The van der Waals surface area contributed by atoms with Gasteiger partial charge in [-0.05, 0) is 30.3 Å². The predicted octanol–water partition coefficient (Wildman–Crippen LogP) is 3.32. The van der Waals surface area contributed by atoms with Gasteiger partial charge in [0.1, 0.15) is 11.9 Å². The summed E-state index contributed by atoms with van der Waals surface area (Å²) in [6, 6.07) is 13.0. The van der Waals surface area contributed by atoms with Gasteiger partial charge in [0.05, 0.1) is 11.3 Å². The molecule has 0 atom stereocenters. The Balaban J connectivity index is 1.65. The van der Waals surface area contributed by atoms with Crippen molar-refractivity contribution in [3.05, 3.63) is 77.6 Å². The fourth-order valence-electron chi connectivity index (χ4n) is 2.16. The molecule has 0 aliphatic carbocycles. The fourth-order valence-corrected chi connectivity index (χ4v) is 2.16. The number of benzene rings is 2. The molecule has 8 heteroatoms. The van der Waals surface area contributed by atoms with Crippen LogP contribution < -0.4 is 10.1 Å². The van der Waals surface area contributed by atoms with Crippen LogP contribution in [0.4, 0.5) is 14.5 Å². The van der Waals surface area contributed by atoms with E-state index in [4.69, 9.17) is 10.00 Å². The molecule has 0 aliphatic rings. The molecule has 3 rings (SSSR count). The van der Waals surface area contributed by atoms with Crippen molar-refractivity contribution in [1.82, 2.24) is 9.78 Å². The highest BCUT2D eigenvalue weighted by molar-refractivity contribution is 6.03. The second-order valence-electron chi connectivity index (χ2n) is 5.20. The molecule has 6 nitrogen and oxygen atoms in total. The van der Waals surface area contributed by atoms with E-state index in [9.17, 15) is 13.6 Å². The second kappa shape index (κ2) is 7.44. The molecule has 1 N–H and O–H groups in total. The number of nitrogens with zero attached hydrogens (tertiary/aromatic N) is 3. The quantitative estimate of drug-likeness (QED) is 0.762. The fraction of sp³-hybridized carbons (Fsp3) is 0.0556. The highest BCUT2D eigenvalue weighted by atomic mass is 19.1. The van der Waals surface area contributed by atoms with Crippen molar-refractivity contribution < 1.29 is 18.3 Å². The lowest BCUT2D eigenvalue weighted by molar-refractivity contribution is 0.102. The third-order valence-electron chi connectivity index (χ3n) is 3.42. The SMILES string of the molecule is N#Cc1ccccc1NC(=O)c1ccn(COc2ccc(F)cc2F)n1.